The molecule has 0 aliphatic carbocycles. The molecule has 3 aliphatic heterocycles. The van der Waals surface area contributed by atoms with Gasteiger partial charge in [-0.2, -0.15) is 8.42 Å². The first-order valence-corrected chi connectivity index (χ1v) is 15.7. The van der Waals surface area contributed by atoms with E-state index >= 15 is 0 Å². The van der Waals surface area contributed by atoms with Crippen LogP contribution in [0.5, 0.6) is 0 Å². The van der Waals surface area contributed by atoms with Crippen LogP contribution in [0.2, 0.25) is 18.1 Å². The minimum absolute atomic E-state index is 0.219. The first-order valence-electron chi connectivity index (χ1n) is 10.9. The molecule has 33 heavy (non-hydrogen) atoms. The lowest BCUT2D eigenvalue weighted by Gasteiger charge is -2.43. The van der Waals surface area contributed by atoms with Gasteiger partial charge in [-0.1, -0.05) is 20.8 Å². The molecule has 1 N–H and O–H groups in total. The highest BCUT2D eigenvalue weighted by Crippen LogP contribution is 2.51. The van der Waals surface area contributed by atoms with Crippen molar-refractivity contribution in [3.8, 4) is 0 Å². The topological polar surface area (TPSA) is 132 Å². The molecule has 4 atom stereocenters. The zero-order valence-electron chi connectivity index (χ0n) is 20.0. The zero-order valence-corrected chi connectivity index (χ0v) is 21.9. The fourth-order valence-corrected chi connectivity index (χ4v) is 6.49. The molecular formula is C20H32N4O7SSi. The van der Waals surface area contributed by atoms with Gasteiger partial charge in [0.1, 0.15) is 18.0 Å². The van der Waals surface area contributed by atoms with E-state index in [4.69, 9.17) is 13.3 Å². The number of nitrogens with zero attached hydrogens (tertiary/aromatic N) is 3. The van der Waals surface area contributed by atoms with Gasteiger partial charge in [0.15, 0.2) is 14.5 Å². The van der Waals surface area contributed by atoms with Crippen LogP contribution in [0.25, 0.3) is 0 Å². The summed E-state index contributed by atoms with van der Waals surface area (Å²) in [5.41, 5.74) is -2.38. The lowest BCUT2D eigenvalue weighted by molar-refractivity contribution is -0.0398. The van der Waals surface area contributed by atoms with E-state index in [9.17, 15) is 18.0 Å². The standard InChI is InChI=1S/C20H32N4O7SSi/c1-12-10-24(18(26)22-15(12)25)16-14(30-33(6,7)19(2,3)4)20(31-32(5,27)28)13(29-16)11-23-9-8-21-17(20)23/h10,13-14,16H,8-9,11H2,1-7H3,(H,22,25,26)/t13-,14+,16-,20-/m1/s1. The summed E-state index contributed by atoms with van der Waals surface area (Å²) < 4.78 is 45.2. The Hall–Kier alpha value is -1.80. The molecule has 4 rings (SSSR count). The van der Waals surface area contributed by atoms with Crippen LogP contribution in [0.15, 0.2) is 20.8 Å². The molecule has 0 aromatic carbocycles. The Morgan fingerprint density at radius 3 is 2.58 bits per heavy atom. The van der Waals surface area contributed by atoms with Crippen LogP contribution < -0.4 is 11.2 Å². The molecule has 184 valence electrons. The minimum atomic E-state index is -3.96. The highest BCUT2D eigenvalue weighted by atomic mass is 32.2. The van der Waals surface area contributed by atoms with Crippen LogP contribution in [-0.4, -0.2) is 80.7 Å². The number of aromatic nitrogens is 2. The molecule has 1 aromatic heterocycles. The van der Waals surface area contributed by atoms with Gasteiger partial charge < -0.3 is 14.1 Å². The van der Waals surface area contributed by atoms with Gasteiger partial charge in [0, 0.05) is 24.8 Å². The maximum atomic E-state index is 12.8. The number of ether oxygens (including phenoxy) is 1. The normalized spacial score (nSPS) is 29.8. The predicted octanol–water partition coefficient (Wildman–Crippen LogP) is 0.576. The summed E-state index contributed by atoms with van der Waals surface area (Å²) >= 11 is 0. The van der Waals surface area contributed by atoms with Gasteiger partial charge in [0.25, 0.3) is 15.7 Å². The van der Waals surface area contributed by atoms with E-state index in [2.05, 4.69) is 30.7 Å². The summed E-state index contributed by atoms with van der Waals surface area (Å²) in [5.74, 6) is 0.471. The second-order valence-corrected chi connectivity index (χ2v) is 16.9. The molecule has 1 aromatic rings. The number of aliphatic imine (C=N–C) groups is 1. The fraction of sp³-hybridized carbons (Fsp3) is 0.750. The van der Waals surface area contributed by atoms with Crippen molar-refractivity contribution in [2.24, 2.45) is 4.99 Å². The van der Waals surface area contributed by atoms with Gasteiger partial charge in [0.2, 0.25) is 5.60 Å². The molecule has 4 heterocycles. The fourth-order valence-electron chi connectivity index (χ4n) is 4.43. The Morgan fingerprint density at radius 2 is 1.97 bits per heavy atom. The van der Waals surface area contributed by atoms with Crippen LogP contribution in [0, 0.1) is 6.92 Å². The predicted molar refractivity (Wildman–Crippen MR) is 125 cm³/mol. The third-order valence-electron chi connectivity index (χ3n) is 7.07. The summed E-state index contributed by atoms with van der Waals surface area (Å²) in [6.45, 7) is 13.3. The Kier molecular flexibility index (Phi) is 5.60. The molecular weight excluding hydrogens is 468 g/mol. The Labute approximate surface area is 194 Å². The quantitative estimate of drug-likeness (QED) is 0.459. The van der Waals surface area contributed by atoms with E-state index < -0.39 is 53.7 Å². The number of aromatic amines is 1. The van der Waals surface area contributed by atoms with Crippen molar-refractivity contribution < 1.29 is 21.8 Å². The van der Waals surface area contributed by atoms with Crippen LogP contribution in [0.4, 0.5) is 0 Å². The number of aryl methyl sites for hydroxylation is 1. The van der Waals surface area contributed by atoms with Gasteiger partial charge in [-0.15, -0.1) is 0 Å². The van der Waals surface area contributed by atoms with Gasteiger partial charge >= 0.3 is 5.69 Å². The highest BCUT2D eigenvalue weighted by molar-refractivity contribution is 7.86. The summed E-state index contributed by atoms with van der Waals surface area (Å²) in [4.78, 5) is 33.6. The number of amidine groups is 1. The summed E-state index contributed by atoms with van der Waals surface area (Å²) in [6, 6.07) is 0. The Balaban J connectivity index is 1.94. The third-order valence-corrected chi connectivity index (χ3v) is 12.1. The molecule has 11 nitrogen and oxygen atoms in total. The maximum absolute atomic E-state index is 12.8. The minimum Gasteiger partial charge on any atom is -0.406 e. The van der Waals surface area contributed by atoms with Crippen molar-refractivity contribution in [1.29, 1.82) is 0 Å². The Morgan fingerprint density at radius 1 is 1.30 bits per heavy atom. The Bertz CT molecular complexity index is 1220. The molecule has 3 aliphatic rings. The van der Waals surface area contributed by atoms with Crippen LogP contribution in [-0.2, 0) is 23.5 Å². The third kappa shape index (κ3) is 3.93. The second-order valence-electron chi connectivity index (χ2n) is 10.5. The number of rotatable bonds is 5. The van der Waals surface area contributed by atoms with Crippen molar-refractivity contribution >= 4 is 24.3 Å². The molecule has 0 radical (unpaired) electrons. The van der Waals surface area contributed by atoms with E-state index in [0.717, 1.165) is 6.26 Å². The lowest BCUT2D eigenvalue weighted by Crippen LogP contribution is -2.60. The number of nitrogens with one attached hydrogen (secondary N) is 1. The molecule has 2 saturated heterocycles. The molecule has 0 unspecified atom stereocenters. The van der Waals surface area contributed by atoms with Crippen molar-refractivity contribution in [2.45, 2.75) is 69.9 Å². The molecule has 13 heteroatoms. The van der Waals surface area contributed by atoms with E-state index in [1.165, 1.54) is 10.8 Å². The summed E-state index contributed by atoms with van der Waals surface area (Å²) in [5, 5.41) is -0.219. The molecule has 0 amide bonds. The van der Waals surface area contributed by atoms with Gasteiger partial charge in [0.05, 0.1) is 12.8 Å². The van der Waals surface area contributed by atoms with Crippen molar-refractivity contribution in [2.75, 3.05) is 25.9 Å². The molecule has 2 fully saturated rings. The molecule has 0 spiro atoms. The summed E-state index contributed by atoms with van der Waals surface area (Å²) in [7, 11) is -6.49. The van der Waals surface area contributed by atoms with Crippen molar-refractivity contribution in [3.05, 3.63) is 32.6 Å². The smallest absolute Gasteiger partial charge is 0.330 e. The lowest BCUT2D eigenvalue weighted by atomic mass is 9.94. The van der Waals surface area contributed by atoms with E-state index in [1.54, 1.807) is 6.92 Å². The number of H-pyrrole nitrogens is 1. The first kappa shape index (κ1) is 24.3. The zero-order chi connectivity index (χ0) is 24.6. The maximum Gasteiger partial charge on any atom is 0.330 e. The number of hydrogen-bond acceptors (Lipinski definition) is 9. The van der Waals surface area contributed by atoms with E-state index in [-0.39, 0.29) is 5.04 Å². The second kappa shape index (κ2) is 7.60. The van der Waals surface area contributed by atoms with Gasteiger partial charge in [-0.3, -0.25) is 19.3 Å². The highest BCUT2D eigenvalue weighted by Gasteiger charge is 2.70. The van der Waals surface area contributed by atoms with Crippen molar-refractivity contribution in [3.63, 3.8) is 0 Å². The van der Waals surface area contributed by atoms with E-state index in [0.29, 0.717) is 31.0 Å². The van der Waals surface area contributed by atoms with Gasteiger partial charge in [-0.25, -0.2) is 8.98 Å². The largest absolute Gasteiger partial charge is 0.406 e. The number of hydrogen-bond donors (Lipinski definition) is 1. The van der Waals surface area contributed by atoms with E-state index in [1.807, 2.05) is 18.0 Å². The molecule has 0 bridgehead atoms. The first-order chi connectivity index (χ1) is 15.1. The average Bonchev–Trinajstić information content (AvgIpc) is 3.28. The summed E-state index contributed by atoms with van der Waals surface area (Å²) in [6.07, 6.45) is -0.325. The SMILES string of the molecule is Cc1cn([C@@H]2O[C@@H]3CN4CCN=C4[C@]3(OS(C)(=O)=O)[C@H]2O[Si](C)(C)C(C)(C)C)c(=O)[nH]c1=O. The van der Waals surface area contributed by atoms with Crippen LogP contribution >= 0.6 is 0 Å². The van der Waals surface area contributed by atoms with Crippen LogP contribution in [0.3, 0.4) is 0 Å². The van der Waals surface area contributed by atoms with Crippen LogP contribution in [0.1, 0.15) is 32.6 Å². The number of fused-ring (bicyclic) bond motifs is 3. The monoisotopic (exact) mass is 500 g/mol. The average molecular weight is 501 g/mol. The van der Waals surface area contributed by atoms with Crippen molar-refractivity contribution in [1.82, 2.24) is 14.5 Å². The molecule has 0 saturated carbocycles. The van der Waals surface area contributed by atoms with Gasteiger partial charge in [-0.05, 0) is 25.1 Å².